The van der Waals surface area contributed by atoms with E-state index in [0.717, 1.165) is 6.54 Å². The lowest BCUT2D eigenvalue weighted by Crippen LogP contribution is -2.30. The number of hydrogen-bond donors (Lipinski definition) is 1. The Bertz CT molecular complexity index is 1610. The van der Waals surface area contributed by atoms with Crippen LogP contribution in [-0.4, -0.2) is 12.6 Å². The summed E-state index contributed by atoms with van der Waals surface area (Å²) in [6, 6.07) is 63.1. The van der Waals surface area contributed by atoms with Gasteiger partial charge < -0.3 is 5.32 Å². The van der Waals surface area contributed by atoms with Crippen LogP contribution in [-0.2, 0) is 10.8 Å². The van der Waals surface area contributed by atoms with E-state index in [9.17, 15) is 0 Å². The largest absolute Gasteiger partial charge is 0.313 e. The summed E-state index contributed by atoms with van der Waals surface area (Å²) in [5.41, 5.74) is 10.1. The van der Waals surface area contributed by atoms with E-state index < -0.39 is 0 Å². The summed E-state index contributed by atoms with van der Waals surface area (Å²) in [5, 5.41) is 3.85. The predicted molar refractivity (Wildman–Crippen MR) is 193 cm³/mol. The van der Waals surface area contributed by atoms with Gasteiger partial charge in [0.25, 0.3) is 0 Å². The lowest BCUT2D eigenvalue weighted by molar-refractivity contribution is 0.539. The van der Waals surface area contributed by atoms with Gasteiger partial charge in [-0.2, -0.15) is 0 Å². The fraction of sp³-hybridized carbons (Fsp3) is 0.200. The Morgan fingerprint density at radius 2 is 0.739 bits per heavy atom. The van der Waals surface area contributed by atoms with Crippen molar-refractivity contribution < 1.29 is 0 Å². The van der Waals surface area contributed by atoms with Crippen LogP contribution in [0.2, 0.25) is 0 Å². The highest BCUT2D eigenvalue weighted by Gasteiger charge is 2.34. The van der Waals surface area contributed by atoms with Crippen LogP contribution < -0.4 is 5.32 Å². The quantitative estimate of drug-likeness (QED) is 0.164. The minimum absolute atomic E-state index is 0.247. The van der Waals surface area contributed by atoms with Crippen molar-refractivity contribution in [3.05, 3.63) is 214 Å². The maximum atomic E-state index is 3.85. The Labute approximate surface area is 275 Å². The van der Waals surface area contributed by atoms with E-state index in [1.54, 1.807) is 0 Å². The Morgan fingerprint density at radius 1 is 0.435 bits per heavy atom. The normalized spacial score (nSPS) is 15.2. The maximum Gasteiger partial charge on any atom is 0.0423 e. The zero-order valence-electron chi connectivity index (χ0n) is 26.9. The van der Waals surface area contributed by atoms with E-state index in [-0.39, 0.29) is 16.7 Å². The Kier molecular flexibility index (Phi) is 8.43. The van der Waals surface area contributed by atoms with E-state index >= 15 is 0 Å². The third kappa shape index (κ3) is 5.50. The third-order valence-electron chi connectivity index (χ3n) is 10.6. The molecule has 6 aromatic rings. The summed E-state index contributed by atoms with van der Waals surface area (Å²) in [6.45, 7) is 5.80. The highest BCUT2D eigenvalue weighted by Crippen LogP contribution is 2.42. The fourth-order valence-corrected chi connectivity index (χ4v) is 7.79. The molecule has 228 valence electrons. The number of nitrogens with one attached hydrogen (secondary N) is 1. The summed E-state index contributed by atoms with van der Waals surface area (Å²) in [7, 11) is 0. The third-order valence-corrected chi connectivity index (χ3v) is 10.6. The van der Waals surface area contributed by atoms with Crippen molar-refractivity contribution >= 4 is 0 Å². The molecule has 0 amide bonds. The number of benzene rings is 6. The molecule has 1 atom stereocenters. The molecule has 7 rings (SSSR count). The van der Waals surface area contributed by atoms with Crippen LogP contribution in [0.3, 0.4) is 0 Å². The smallest absolute Gasteiger partial charge is 0.0423 e. The topological polar surface area (TPSA) is 12.0 Å². The van der Waals surface area contributed by atoms with Gasteiger partial charge in [-0.05, 0) is 77.7 Å². The molecule has 0 radical (unpaired) electrons. The molecule has 1 nitrogen and oxygen atoms in total. The molecule has 0 unspecified atom stereocenters. The highest BCUT2D eigenvalue weighted by molar-refractivity contribution is 5.53. The molecule has 1 aliphatic rings. The van der Waals surface area contributed by atoms with E-state index in [0.29, 0.717) is 6.04 Å². The second-order valence-electron chi connectivity index (χ2n) is 13.1. The standard InChI is InChI=1S/C45H43N/c1-44(36-16-7-3-8-17-36,37-18-9-4-10-19-37)40-29-25-34(26-30-40)43(42-24-15-33-46-42)35-27-31-41(32-28-35)45(2,38-20-11-5-12-21-38)39-22-13-6-14-23-39/h3-14,16-23,25-32,42-43,46H,15,24,33H2,1-2H3/t42-/m1/s1. The molecular weight excluding hydrogens is 555 g/mol. The predicted octanol–water partition coefficient (Wildman–Crippen LogP) is 10.3. The van der Waals surface area contributed by atoms with Crippen molar-refractivity contribution in [2.45, 2.75) is 49.5 Å². The van der Waals surface area contributed by atoms with Crippen molar-refractivity contribution in [3.63, 3.8) is 0 Å². The number of rotatable bonds is 9. The molecule has 0 spiro atoms. The minimum atomic E-state index is -0.247. The highest BCUT2D eigenvalue weighted by atomic mass is 14.9. The van der Waals surface area contributed by atoms with Gasteiger partial charge in [0.15, 0.2) is 0 Å². The second-order valence-corrected chi connectivity index (χ2v) is 13.1. The average Bonchev–Trinajstić information content (AvgIpc) is 3.68. The summed E-state index contributed by atoms with van der Waals surface area (Å²) in [4.78, 5) is 0. The first-order valence-corrected chi connectivity index (χ1v) is 16.7. The summed E-state index contributed by atoms with van der Waals surface area (Å²) in [5.74, 6) is 0.282. The molecule has 0 aromatic heterocycles. The van der Waals surface area contributed by atoms with Gasteiger partial charge in [0.2, 0.25) is 0 Å². The Hall–Kier alpha value is -4.72. The molecule has 6 aromatic carbocycles. The zero-order chi connectivity index (χ0) is 31.4. The van der Waals surface area contributed by atoms with Crippen molar-refractivity contribution in [3.8, 4) is 0 Å². The molecule has 0 bridgehead atoms. The summed E-state index contributed by atoms with van der Waals surface area (Å²) in [6.07, 6.45) is 2.41. The van der Waals surface area contributed by atoms with E-state index in [1.165, 1.54) is 57.3 Å². The molecule has 1 saturated heterocycles. The van der Waals surface area contributed by atoms with Gasteiger partial charge in [0.05, 0.1) is 0 Å². The van der Waals surface area contributed by atoms with Crippen molar-refractivity contribution in [1.29, 1.82) is 0 Å². The average molecular weight is 598 g/mol. The van der Waals surface area contributed by atoms with Gasteiger partial charge in [0, 0.05) is 22.8 Å². The molecular formula is C45H43N. The van der Waals surface area contributed by atoms with Gasteiger partial charge in [0.1, 0.15) is 0 Å². The fourth-order valence-electron chi connectivity index (χ4n) is 7.79. The summed E-state index contributed by atoms with van der Waals surface area (Å²) >= 11 is 0. The van der Waals surface area contributed by atoms with Crippen LogP contribution in [0.15, 0.2) is 170 Å². The van der Waals surface area contributed by atoms with Crippen molar-refractivity contribution in [2.75, 3.05) is 6.54 Å². The van der Waals surface area contributed by atoms with E-state index in [2.05, 4.69) is 189 Å². The monoisotopic (exact) mass is 597 g/mol. The zero-order valence-corrected chi connectivity index (χ0v) is 26.9. The first-order valence-electron chi connectivity index (χ1n) is 16.7. The lowest BCUT2D eigenvalue weighted by atomic mass is 9.70. The van der Waals surface area contributed by atoms with Crippen LogP contribution in [0.4, 0.5) is 0 Å². The lowest BCUT2D eigenvalue weighted by Gasteiger charge is -2.33. The minimum Gasteiger partial charge on any atom is -0.313 e. The molecule has 1 heterocycles. The van der Waals surface area contributed by atoms with Gasteiger partial charge >= 0.3 is 0 Å². The van der Waals surface area contributed by atoms with Crippen LogP contribution in [0.1, 0.15) is 77.1 Å². The van der Waals surface area contributed by atoms with Gasteiger partial charge in [-0.3, -0.25) is 0 Å². The SMILES string of the molecule is CC(c1ccccc1)(c1ccccc1)c1ccc(C(c2ccc(C(C)(c3ccccc3)c3ccccc3)cc2)[C@H]2CCCN2)cc1. The molecule has 0 saturated carbocycles. The first kappa shape index (κ1) is 30.0. The van der Waals surface area contributed by atoms with Crippen LogP contribution >= 0.6 is 0 Å². The molecule has 1 aliphatic heterocycles. The Morgan fingerprint density at radius 3 is 1.02 bits per heavy atom. The molecule has 0 aliphatic carbocycles. The van der Waals surface area contributed by atoms with Gasteiger partial charge in [-0.1, -0.05) is 170 Å². The van der Waals surface area contributed by atoms with E-state index in [4.69, 9.17) is 0 Å². The second kappa shape index (κ2) is 12.9. The molecule has 1 heteroatoms. The molecule has 1 N–H and O–H groups in total. The summed E-state index contributed by atoms with van der Waals surface area (Å²) < 4.78 is 0. The van der Waals surface area contributed by atoms with Crippen molar-refractivity contribution in [2.24, 2.45) is 0 Å². The van der Waals surface area contributed by atoms with Gasteiger partial charge in [-0.25, -0.2) is 0 Å². The first-order chi connectivity index (χ1) is 22.6. The molecule has 1 fully saturated rings. The maximum absolute atomic E-state index is 3.85. The van der Waals surface area contributed by atoms with Crippen LogP contribution in [0, 0.1) is 0 Å². The van der Waals surface area contributed by atoms with Crippen molar-refractivity contribution in [1.82, 2.24) is 5.32 Å². The van der Waals surface area contributed by atoms with E-state index in [1.807, 2.05) is 0 Å². The van der Waals surface area contributed by atoms with Crippen LogP contribution in [0.25, 0.3) is 0 Å². The molecule has 46 heavy (non-hydrogen) atoms. The Balaban J connectivity index is 1.27. The van der Waals surface area contributed by atoms with Crippen LogP contribution in [0.5, 0.6) is 0 Å². The van der Waals surface area contributed by atoms with Gasteiger partial charge in [-0.15, -0.1) is 0 Å². The number of hydrogen-bond acceptors (Lipinski definition) is 1.